The van der Waals surface area contributed by atoms with E-state index in [0.717, 1.165) is 36.0 Å². The zero-order chi connectivity index (χ0) is 13.2. The van der Waals surface area contributed by atoms with Crippen molar-refractivity contribution in [1.82, 2.24) is 9.88 Å². The predicted octanol–water partition coefficient (Wildman–Crippen LogP) is 2.53. The van der Waals surface area contributed by atoms with Crippen molar-refractivity contribution in [3.8, 4) is 0 Å². The number of carbonyl (C=O) groups is 1. The Morgan fingerprint density at radius 3 is 3.06 bits per heavy atom. The van der Waals surface area contributed by atoms with Gasteiger partial charge in [0.2, 0.25) is 0 Å². The number of piperidine rings is 1. The third-order valence-corrected chi connectivity index (χ3v) is 3.89. The van der Waals surface area contributed by atoms with Gasteiger partial charge in [-0.25, -0.2) is 0 Å². The molecule has 1 unspecified atom stereocenters. The van der Waals surface area contributed by atoms with Crippen molar-refractivity contribution >= 4 is 21.9 Å². The second kappa shape index (κ2) is 5.36. The summed E-state index contributed by atoms with van der Waals surface area (Å²) < 4.78 is 0.956. The molecule has 1 atom stereocenters. The molecular weight excluding hydrogens is 296 g/mol. The molecule has 0 saturated carbocycles. The van der Waals surface area contributed by atoms with Crippen molar-refractivity contribution in [2.24, 2.45) is 5.41 Å². The zero-order valence-corrected chi connectivity index (χ0v) is 12.0. The lowest BCUT2D eigenvalue weighted by Crippen LogP contribution is -2.45. The summed E-state index contributed by atoms with van der Waals surface area (Å²) in [6.07, 6.45) is 5.28. The van der Waals surface area contributed by atoms with Crippen LogP contribution in [0, 0.1) is 5.41 Å². The van der Waals surface area contributed by atoms with Gasteiger partial charge in [0.05, 0.1) is 5.41 Å². The Bertz CT molecular complexity index is 452. The van der Waals surface area contributed by atoms with Crippen LogP contribution >= 0.6 is 15.9 Å². The number of hydrogen-bond donors (Lipinski definition) is 1. The molecule has 0 bridgehead atoms. The van der Waals surface area contributed by atoms with Crippen LogP contribution in [0.4, 0.5) is 0 Å². The Morgan fingerprint density at radius 2 is 2.39 bits per heavy atom. The van der Waals surface area contributed by atoms with Crippen molar-refractivity contribution in [3.63, 3.8) is 0 Å². The summed E-state index contributed by atoms with van der Waals surface area (Å²) in [5.41, 5.74) is 0.497. The van der Waals surface area contributed by atoms with E-state index in [-0.39, 0.29) is 0 Å². The summed E-state index contributed by atoms with van der Waals surface area (Å²) in [6.45, 7) is 4.15. The summed E-state index contributed by atoms with van der Waals surface area (Å²) >= 11 is 3.40. The number of hydrogen-bond acceptors (Lipinski definition) is 3. The Morgan fingerprint density at radius 1 is 1.61 bits per heavy atom. The van der Waals surface area contributed by atoms with Crippen LogP contribution in [0.25, 0.3) is 0 Å². The van der Waals surface area contributed by atoms with Gasteiger partial charge in [-0.1, -0.05) is 0 Å². The van der Waals surface area contributed by atoms with Crippen molar-refractivity contribution in [1.29, 1.82) is 0 Å². The quantitative estimate of drug-likeness (QED) is 0.932. The summed E-state index contributed by atoms with van der Waals surface area (Å²) in [7, 11) is 0. The van der Waals surface area contributed by atoms with Gasteiger partial charge < -0.3 is 5.11 Å². The SMILES string of the molecule is CC1(C(=O)O)CCCN(Cc2cncc(Br)c2)C1. The molecule has 2 rings (SSSR count). The first-order chi connectivity index (χ1) is 8.49. The number of likely N-dealkylation sites (tertiary alicyclic amines) is 1. The fraction of sp³-hybridized carbons (Fsp3) is 0.538. The molecular formula is C13H17BrN2O2. The van der Waals surface area contributed by atoms with Gasteiger partial charge in [0.15, 0.2) is 0 Å². The second-order valence-corrected chi connectivity index (χ2v) is 6.11. The highest BCUT2D eigenvalue weighted by molar-refractivity contribution is 9.10. The maximum atomic E-state index is 11.3. The predicted molar refractivity (Wildman–Crippen MR) is 72.2 cm³/mol. The van der Waals surface area contributed by atoms with Gasteiger partial charge in [0.1, 0.15) is 0 Å². The van der Waals surface area contributed by atoms with Crippen molar-refractivity contribution in [2.75, 3.05) is 13.1 Å². The molecule has 0 radical (unpaired) electrons. The lowest BCUT2D eigenvalue weighted by Gasteiger charge is -2.37. The third kappa shape index (κ3) is 3.09. The molecule has 1 aliphatic rings. The highest BCUT2D eigenvalue weighted by atomic mass is 79.9. The van der Waals surface area contributed by atoms with Gasteiger partial charge in [-0.05, 0) is 53.9 Å². The maximum absolute atomic E-state index is 11.3. The summed E-state index contributed by atoms with van der Waals surface area (Å²) in [4.78, 5) is 17.6. The fourth-order valence-electron chi connectivity index (χ4n) is 2.45. The van der Waals surface area contributed by atoms with Gasteiger partial charge in [-0.15, -0.1) is 0 Å². The lowest BCUT2D eigenvalue weighted by molar-refractivity contribution is -0.151. The molecule has 0 amide bonds. The summed E-state index contributed by atoms with van der Waals surface area (Å²) in [5, 5.41) is 9.28. The number of rotatable bonds is 3. The van der Waals surface area contributed by atoms with Crippen LogP contribution in [0.5, 0.6) is 0 Å². The Balaban J connectivity index is 2.04. The molecule has 1 saturated heterocycles. The average Bonchev–Trinajstić information content (AvgIpc) is 2.29. The van der Waals surface area contributed by atoms with E-state index in [4.69, 9.17) is 0 Å². The van der Waals surface area contributed by atoms with Crippen LogP contribution in [0.2, 0.25) is 0 Å². The molecule has 18 heavy (non-hydrogen) atoms. The number of carboxylic acids is 1. The van der Waals surface area contributed by atoms with Crippen LogP contribution < -0.4 is 0 Å². The second-order valence-electron chi connectivity index (χ2n) is 5.19. The lowest BCUT2D eigenvalue weighted by atomic mass is 9.82. The van der Waals surface area contributed by atoms with E-state index in [1.165, 1.54) is 0 Å². The molecule has 1 N–H and O–H groups in total. The number of aromatic nitrogens is 1. The highest BCUT2D eigenvalue weighted by Crippen LogP contribution is 2.30. The van der Waals surface area contributed by atoms with Crippen LogP contribution in [0.15, 0.2) is 22.9 Å². The topological polar surface area (TPSA) is 53.4 Å². The number of halogens is 1. The molecule has 1 aliphatic heterocycles. The van der Waals surface area contributed by atoms with Gasteiger partial charge >= 0.3 is 5.97 Å². The van der Waals surface area contributed by atoms with E-state index in [9.17, 15) is 9.90 Å². The minimum Gasteiger partial charge on any atom is -0.481 e. The first kappa shape index (κ1) is 13.5. The van der Waals surface area contributed by atoms with Gasteiger partial charge in [0.25, 0.3) is 0 Å². The molecule has 5 heteroatoms. The zero-order valence-electron chi connectivity index (χ0n) is 10.4. The molecule has 1 aromatic heterocycles. The van der Waals surface area contributed by atoms with E-state index < -0.39 is 11.4 Å². The van der Waals surface area contributed by atoms with Crippen LogP contribution in [-0.2, 0) is 11.3 Å². The first-order valence-electron chi connectivity index (χ1n) is 6.05. The molecule has 1 aromatic rings. The van der Waals surface area contributed by atoms with Gasteiger partial charge in [0, 0.05) is 30.0 Å². The highest BCUT2D eigenvalue weighted by Gasteiger charge is 2.37. The van der Waals surface area contributed by atoms with E-state index in [2.05, 4.69) is 25.8 Å². The Kier molecular flexibility index (Phi) is 4.02. The van der Waals surface area contributed by atoms with Crippen molar-refractivity contribution in [2.45, 2.75) is 26.3 Å². The molecule has 0 spiro atoms. The standard InChI is InChI=1S/C13H17BrN2O2/c1-13(12(17)18)3-2-4-16(9-13)8-10-5-11(14)7-15-6-10/h5-7H,2-4,8-9H2,1H3,(H,17,18). The monoisotopic (exact) mass is 312 g/mol. The van der Waals surface area contributed by atoms with Crippen molar-refractivity contribution in [3.05, 3.63) is 28.5 Å². The maximum Gasteiger partial charge on any atom is 0.310 e. The molecule has 1 fully saturated rings. The third-order valence-electron chi connectivity index (χ3n) is 3.46. The number of nitrogens with zero attached hydrogens (tertiary/aromatic N) is 2. The molecule has 98 valence electrons. The average molecular weight is 313 g/mol. The number of pyridine rings is 1. The van der Waals surface area contributed by atoms with Crippen molar-refractivity contribution < 1.29 is 9.90 Å². The first-order valence-corrected chi connectivity index (χ1v) is 6.84. The van der Waals surface area contributed by atoms with Crippen LogP contribution in [-0.4, -0.2) is 34.0 Å². The van der Waals surface area contributed by atoms with Crippen LogP contribution in [0.1, 0.15) is 25.3 Å². The smallest absolute Gasteiger partial charge is 0.310 e. The van der Waals surface area contributed by atoms with Crippen LogP contribution in [0.3, 0.4) is 0 Å². The number of carboxylic acid groups (broad SMARTS) is 1. The fourth-order valence-corrected chi connectivity index (χ4v) is 2.87. The molecule has 0 aromatic carbocycles. The normalized spacial score (nSPS) is 25.0. The molecule has 4 nitrogen and oxygen atoms in total. The van der Waals surface area contributed by atoms with E-state index in [1.807, 2.05) is 19.2 Å². The van der Waals surface area contributed by atoms with E-state index >= 15 is 0 Å². The largest absolute Gasteiger partial charge is 0.481 e. The summed E-state index contributed by atoms with van der Waals surface area (Å²) in [5.74, 6) is -0.695. The van der Waals surface area contributed by atoms with Gasteiger partial charge in [-0.3, -0.25) is 14.7 Å². The Labute approximate surface area is 115 Å². The minimum absolute atomic E-state index is 0.606. The summed E-state index contributed by atoms with van der Waals surface area (Å²) in [6, 6.07) is 2.03. The number of aliphatic carboxylic acids is 1. The molecule has 0 aliphatic carbocycles. The minimum atomic E-state index is -0.695. The van der Waals surface area contributed by atoms with E-state index in [1.54, 1.807) is 6.20 Å². The van der Waals surface area contributed by atoms with E-state index in [0.29, 0.717) is 6.54 Å². The Hall–Kier alpha value is -0.940. The molecule has 2 heterocycles. The van der Waals surface area contributed by atoms with Gasteiger partial charge in [-0.2, -0.15) is 0 Å².